The van der Waals surface area contributed by atoms with Crippen LogP contribution >= 0.6 is 0 Å². The average Bonchev–Trinajstić information content (AvgIpc) is 2.95. The number of ether oxygens (including phenoxy) is 1. The minimum atomic E-state index is -4.09. The number of nitrogens with one attached hydrogen (secondary N) is 1. The first kappa shape index (κ1) is 30.7. The van der Waals surface area contributed by atoms with E-state index >= 15 is 0 Å². The van der Waals surface area contributed by atoms with Gasteiger partial charge in [0.05, 0.1) is 17.7 Å². The van der Waals surface area contributed by atoms with E-state index < -0.39 is 28.5 Å². The van der Waals surface area contributed by atoms with E-state index in [1.165, 1.54) is 17.0 Å². The van der Waals surface area contributed by atoms with Gasteiger partial charge in [0.15, 0.2) is 0 Å². The van der Waals surface area contributed by atoms with E-state index in [9.17, 15) is 18.0 Å². The maximum Gasteiger partial charge on any atom is 0.264 e. The summed E-state index contributed by atoms with van der Waals surface area (Å²) in [5.74, 6) is -0.116. The molecule has 0 aromatic heterocycles. The molecule has 3 aromatic rings. The first-order chi connectivity index (χ1) is 19.1. The number of nitrogens with zero attached hydrogens (tertiary/aromatic N) is 2. The molecule has 3 rings (SSSR count). The molecule has 0 bridgehead atoms. The summed E-state index contributed by atoms with van der Waals surface area (Å²) in [6.07, 6.45) is 1.74. The van der Waals surface area contributed by atoms with Crippen LogP contribution < -0.4 is 14.4 Å². The fourth-order valence-electron chi connectivity index (χ4n) is 4.36. The van der Waals surface area contributed by atoms with Crippen LogP contribution in [0.5, 0.6) is 5.75 Å². The van der Waals surface area contributed by atoms with Gasteiger partial charge in [-0.2, -0.15) is 0 Å². The number of methoxy groups -OCH3 is 1. The van der Waals surface area contributed by atoms with Crippen molar-refractivity contribution in [2.24, 2.45) is 0 Å². The molecule has 1 N–H and O–H groups in total. The van der Waals surface area contributed by atoms with Gasteiger partial charge in [0.2, 0.25) is 11.8 Å². The number of unbranched alkanes of at least 4 members (excludes halogenated alkanes) is 1. The summed E-state index contributed by atoms with van der Waals surface area (Å²) in [5, 5.41) is 2.89. The van der Waals surface area contributed by atoms with Crippen LogP contribution in [0.1, 0.15) is 43.4 Å². The molecule has 0 saturated heterocycles. The molecular weight excluding hydrogens is 526 g/mol. The second kappa shape index (κ2) is 14.0. The highest BCUT2D eigenvalue weighted by Crippen LogP contribution is 2.28. The first-order valence-corrected chi connectivity index (χ1v) is 14.9. The van der Waals surface area contributed by atoms with Gasteiger partial charge in [-0.25, -0.2) is 8.42 Å². The lowest BCUT2D eigenvalue weighted by atomic mass is 10.1. The minimum absolute atomic E-state index is 0.0786. The van der Waals surface area contributed by atoms with Crippen LogP contribution in [0.3, 0.4) is 0 Å². The van der Waals surface area contributed by atoms with Crippen LogP contribution in [0.25, 0.3) is 0 Å². The number of hydrogen-bond donors (Lipinski definition) is 1. The number of anilines is 1. The Morgan fingerprint density at radius 2 is 1.65 bits per heavy atom. The highest BCUT2D eigenvalue weighted by Gasteiger charge is 2.33. The zero-order valence-corrected chi connectivity index (χ0v) is 24.7. The maximum atomic E-state index is 14.0. The number of benzene rings is 3. The van der Waals surface area contributed by atoms with Crippen LogP contribution in [0.15, 0.2) is 77.7 Å². The predicted molar refractivity (Wildman–Crippen MR) is 158 cm³/mol. The van der Waals surface area contributed by atoms with Gasteiger partial charge in [0.1, 0.15) is 18.3 Å². The molecule has 3 aromatic carbocycles. The lowest BCUT2D eigenvalue weighted by Gasteiger charge is -2.32. The Balaban J connectivity index is 2.01. The maximum absolute atomic E-state index is 14.0. The van der Waals surface area contributed by atoms with E-state index in [1.54, 1.807) is 50.4 Å². The van der Waals surface area contributed by atoms with E-state index in [0.29, 0.717) is 18.0 Å². The van der Waals surface area contributed by atoms with E-state index in [1.807, 2.05) is 45.0 Å². The second-order valence-corrected chi connectivity index (χ2v) is 11.7. The lowest BCUT2D eigenvalue weighted by molar-refractivity contribution is -0.139. The van der Waals surface area contributed by atoms with Crippen molar-refractivity contribution >= 4 is 27.5 Å². The van der Waals surface area contributed by atoms with E-state index in [-0.39, 0.29) is 17.3 Å². The second-order valence-electron chi connectivity index (χ2n) is 9.80. The van der Waals surface area contributed by atoms with Crippen molar-refractivity contribution in [1.82, 2.24) is 10.2 Å². The largest absolute Gasteiger partial charge is 0.497 e. The molecule has 0 saturated carbocycles. The molecule has 9 heteroatoms. The molecule has 214 valence electrons. The summed E-state index contributed by atoms with van der Waals surface area (Å²) in [7, 11) is -2.52. The third-order valence-electron chi connectivity index (χ3n) is 6.74. The van der Waals surface area contributed by atoms with Crippen molar-refractivity contribution in [3.8, 4) is 5.75 Å². The van der Waals surface area contributed by atoms with Gasteiger partial charge in [0, 0.05) is 13.1 Å². The topological polar surface area (TPSA) is 96.0 Å². The van der Waals surface area contributed by atoms with Crippen molar-refractivity contribution in [2.75, 3.05) is 24.5 Å². The Bertz CT molecular complexity index is 1390. The number of rotatable bonds is 13. The molecule has 0 radical (unpaired) electrons. The Morgan fingerprint density at radius 1 is 0.975 bits per heavy atom. The number of carbonyl (C=O) groups excluding carboxylic acids is 2. The number of carbonyl (C=O) groups is 2. The van der Waals surface area contributed by atoms with Crippen molar-refractivity contribution < 1.29 is 22.7 Å². The Hall–Kier alpha value is -3.85. The van der Waals surface area contributed by atoms with E-state index in [0.717, 1.165) is 33.8 Å². The zero-order valence-electron chi connectivity index (χ0n) is 23.9. The summed E-state index contributed by atoms with van der Waals surface area (Å²) in [4.78, 5) is 28.6. The third-order valence-corrected chi connectivity index (χ3v) is 8.51. The van der Waals surface area contributed by atoms with Crippen LogP contribution in [0.4, 0.5) is 5.69 Å². The molecule has 8 nitrogen and oxygen atoms in total. The molecule has 2 amide bonds. The van der Waals surface area contributed by atoms with Gasteiger partial charge in [-0.3, -0.25) is 13.9 Å². The monoisotopic (exact) mass is 565 g/mol. The van der Waals surface area contributed by atoms with Crippen LogP contribution in [0, 0.1) is 13.8 Å². The van der Waals surface area contributed by atoms with Crippen LogP contribution in [0.2, 0.25) is 0 Å². The van der Waals surface area contributed by atoms with E-state index in [4.69, 9.17) is 4.74 Å². The molecule has 0 aliphatic carbocycles. The molecule has 40 heavy (non-hydrogen) atoms. The average molecular weight is 566 g/mol. The third kappa shape index (κ3) is 7.63. The van der Waals surface area contributed by atoms with Gasteiger partial charge >= 0.3 is 0 Å². The minimum Gasteiger partial charge on any atom is -0.497 e. The molecular formula is C31H39N3O5S. The normalized spacial score (nSPS) is 11.9. The van der Waals surface area contributed by atoms with Gasteiger partial charge in [-0.1, -0.05) is 61.4 Å². The zero-order chi connectivity index (χ0) is 29.3. The fraction of sp³-hybridized carbons (Fsp3) is 0.355. The van der Waals surface area contributed by atoms with Crippen molar-refractivity contribution in [1.29, 1.82) is 0 Å². The van der Waals surface area contributed by atoms with Gasteiger partial charge in [-0.15, -0.1) is 0 Å². The van der Waals surface area contributed by atoms with Crippen LogP contribution in [-0.4, -0.2) is 51.4 Å². The van der Waals surface area contributed by atoms with E-state index in [2.05, 4.69) is 5.32 Å². The number of hydrogen-bond acceptors (Lipinski definition) is 5. The van der Waals surface area contributed by atoms with Crippen molar-refractivity contribution in [3.05, 3.63) is 89.5 Å². The summed E-state index contributed by atoms with van der Waals surface area (Å²) >= 11 is 0. The molecule has 0 unspecified atom stereocenters. The molecule has 0 fully saturated rings. The highest BCUT2D eigenvalue weighted by atomic mass is 32.2. The molecule has 0 aliphatic rings. The Kier molecular flexibility index (Phi) is 10.7. The number of amides is 2. The van der Waals surface area contributed by atoms with Gasteiger partial charge < -0.3 is 15.0 Å². The molecule has 0 spiro atoms. The highest BCUT2D eigenvalue weighted by molar-refractivity contribution is 7.92. The molecule has 0 heterocycles. The quantitative estimate of drug-likeness (QED) is 0.299. The van der Waals surface area contributed by atoms with Gasteiger partial charge in [0.25, 0.3) is 10.0 Å². The number of sulfonamides is 1. The smallest absolute Gasteiger partial charge is 0.264 e. The summed E-state index contributed by atoms with van der Waals surface area (Å²) in [6.45, 7) is 7.59. The fourth-order valence-corrected chi connectivity index (χ4v) is 5.86. The molecule has 0 aliphatic heterocycles. The van der Waals surface area contributed by atoms with Crippen molar-refractivity contribution in [3.63, 3.8) is 0 Å². The standard InChI is InChI=1S/C31H39N3O5S/c1-6-7-19-32-31(36)25(4)33(21-26-14-16-27(39-5)17-15-26)30(35)22-34(29-18-13-23(2)20-24(29)3)40(37,38)28-11-9-8-10-12-28/h8-18,20,25H,6-7,19,21-22H2,1-5H3,(H,32,36)/t25-/m0/s1. The SMILES string of the molecule is CCCCNC(=O)[C@H](C)N(Cc1ccc(OC)cc1)C(=O)CN(c1ccc(C)cc1C)S(=O)(=O)c1ccccc1. The summed E-state index contributed by atoms with van der Waals surface area (Å²) in [6, 6.07) is 19.8. The lowest BCUT2D eigenvalue weighted by Crippen LogP contribution is -2.51. The Labute approximate surface area is 238 Å². The Morgan fingerprint density at radius 3 is 2.25 bits per heavy atom. The summed E-state index contributed by atoms with van der Waals surface area (Å²) < 4.78 is 34.2. The first-order valence-electron chi connectivity index (χ1n) is 13.4. The van der Waals surface area contributed by atoms with Crippen LogP contribution in [-0.2, 0) is 26.2 Å². The molecule has 1 atom stereocenters. The predicted octanol–water partition coefficient (Wildman–Crippen LogP) is 4.84. The summed E-state index contributed by atoms with van der Waals surface area (Å²) in [5.41, 5.74) is 2.89. The van der Waals surface area contributed by atoms with Gasteiger partial charge in [-0.05, 0) is 68.7 Å². The number of aryl methyl sites for hydroxylation is 2. The van der Waals surface area contributed by atoms with Crippen molar-refractivity contribution in [2.45, 2.75) is 58.0 Å².